The molecule has 0 bridgehead atoms. The van der Waals surface area contributed by atoms with Gasteiger partial charge in [0, 0.05) is 3.57 Å². The minimum atomic E-state index is -0.424. The summed E-state index contributed by atoms with van der Waals surface area (Å²) in [5, 5.41) is 2.22. The van der Waals surface area contributed by atoms with Crippen molar-refractivity contribution in [2.45, 2.75) is 0 Å². The highest BCUT2D eigenvalue weighted by molar-refractivity contribution is 14.1. The maximum absolute atomic E-state index is 11.3. The van der Waals surface area contributed by atoms with Crippen molar-refractivity contribution in [3.8, 4) is 0 Å². The molecule has 1 rings (SSSR count). The quantitative estimate of drug-likeness (QED) is 0.364. The number of halogens is 1. The SMILES string of the molecule is COC(=O)c1cc(I)ccc1N=C=S. The number of hydrogen-bond acceptors (Lipinski definition) is 4. The maximum atomic E-state index is 11.3. The third-order valence-corrected chi connectivity index (χ3v) is 2.29. The molecule has 0 heterocycles. The molecule has 72 valence electrons. The molecule has 14 heavy (non-hydrogen) atoms. The fourth-order valence-electron chi connectivity index (χ4n) is 0.928. The number of hydrogen-bond donors (Lipinski definition) is 0. The van der Waals surface area contributed by atoms with Crippen molar-refractivity contribution < 1.29 is 9.53 Å². The lowest BCUT2D eigenvalue weighted by Crippen LogP contribution is -2.01. The molecular formula is C9H6INO2S. The number of ether oxygens (including phenoxy) is 1. The molecule has 0 unspecified atom stereocenters. The van der Waals surface area contributed by atoms with Crippen LogP contribution in [-0.4, -0.2) is 18.2 Å². The number of esters is 1. The number of benzene rings is 1. The highest BCUT2D eigenvalue weighted by atomic mass is 127. The summed E-state index contributed by atoms with van der Waals surface area (Å²) in [6.45, 7) is 0. The van der Waals surface area contributed by atoms with Gasteiger partial charge in [-0.2, -0.15) is 4.99 Å². The van der Waals surface area contributed by atoms with Crippen LogP contribution in [0.3, 0.4) is 0 Å². The smallest absolute Gasteiger partial charge is 0.340 e. The Balaban J connectivity index is 3.28. The van der Waals surface area contributed by atoms with Gasteiger partial charge in [-0.3, -0.25) is 0 Å². The normalized spacial score (nSPS) is 9.00. The third-order valence-electron chi connectivity index (χ3n) is 1.53. The van der Waals surface area contributed by atoms with E-state index in [0.717, 1.165) is 3.57 Å². The van der Waals surface area contributed by atoms with Crippen molar-refractivity contribution >= 4 is 51.6 Å². The molecule has 0 aliphatic rings. The maximum Gasteiger partial charge on any atom is 0.340 e. The molecule has 0 aliphatic carbocycles. The van der Waals surface area contributed by atoms with E-state index < -0.39 is 5.97 Å². The number of rotatable bonds is 2. The molecule has 3 nitrogen and oxygen atoms in total. The largest absolute Gasteiger partial charge is 0.465 e. The van der Waals surface area contributed by atoms with Gasteiger partial charge in [0.25, 0.3) is 0 Å². The molecule has 0 aliphatic heterocycles. The van der Waals surface area contributed by atoms with Crippen molar-refractivity contribution in [3.05, 3.63) is 27.3 Å². The van der Waals surface area contributed by atoms with Crippen LogP contribution in [0.15, 0.2) is 23.2 Å². The summed E-state index contributed by atoms with van der Waals surface area (Å²) < 4.78 is 5.55. The predicted octanol–water partition coefficient (Wildman–Crippen LogP) is 2.81. The van der Waals surface area contributed by atoms with Crippen LogP contribution in [-0.2, 0) is 4.74 Å². The molecule has 0 amide bonds. The Kier molecular flexibility index (Phi) is 4.19. The average Bonchev–Trinajstić information content (AvgIpc) is 2.20. The fourth-order valence-corrected chi connectivity index (χ4v) is 1.52. The van der Waals surface area contributed by atoms with E-state index in [9.17, 15) is 4.79 Å². The zero-order valence-corrected chi connectivity index (χ0v) is 10.3. The number of isothiocyanates is 1. The molecule has 5 heteroatoms. The number of thiocarbonyl (C=S) groups is 1. The Morgan fingerprint density at radius 3 is 2.93 bits per heavy atom. The fraction of sp³-hybridized carbons (Fsp3) is 0.111. The summed E-state index contributed by atoms with van der Waals surface area (Å²) in [5.41, 5.74) is 0.879. The average molecular weight is 319 g/mol. The van der Waals surface area contributed by atoms with E-state index in [2.05, 4.69) is 49.7 Å². The molecule has 0 N–H and O–H groups in total. The van der Waals surface area contributed by atoms with Crippen LogP contribution in [0.2, 0.25) is 0 Å². The van der Waals surface area contributed by atoms with Crippen LogP contribution in [0, 0.1) is 3.57 Å². The lowest BCUT2D eigenvalue weighted by molar-refractivity contribution is 0.0601. The first-order valence-electron chi connectivity index (χ1n) is 3.64. The summed E-state index contributed by atoms with van der Waals surface area (Å²) in [7, 11) is 1.33. The Hall–Kier alpha value is -0.780. The molecule has 0 atom stereocenters. The van der Waals surface area contributed by atoms with Gasteiger partial charge in [0.1, 0.15) is 0 Å². The highest BCUT2D eigenvalue weighted by Crippen LogP contribution is 2.21. The van der Waals surface area contributed by atoms with Crippen LogP contribution in [0.5, 0.6) is 0 Å². The van der Waals surface area contributed by atoms with Crippen molar-refractivity contribution in [3.63, 3.8) is 0 Å². The summed E-state index contributed by atoms with van der Waals surface area (Å²) >= 11 is 6.58. The minimum Gasteiger partial charge on any atom is -0.465 e. The van der Waals surface area contributed by atoms with Crippen molar-refractivity contribution in [2.24, 2.45) is 4.99 Å². The molecule has 1 aromatic rings. The van der Waals surface area contributed by atoms with Gasteiger partial charge in [0.2, 0.25) is 0 Å². The number of nitrogens with zero attached hydrogens (tertiary/aromatic N) is 1. The van der Waals surface area contributed by atoms with Crippen LogP contribution in [0.25, 0.3) is 0 Å². The Morgan fingerprint density at radius 1 is 1.64 bits per heavy atom. The number of aliphatic imine (C=N–C) groups is 1. The predicted molar refractivity (Wildman–Crippen MR) is 65.2 cm³/mol. The van der Waals surface area contributed by atoms with Crippen molar-refractivity contribution in [1.82, 2.24) is 0 Å². The van der Waals surface area contributed by atoms with Gasteiger partial charge in [-0.1, -0.05) is 0 Å². The Labute approximate surface area is 100 Å². The van der Waals surface area contributed by atoms with Gasteiger partial charge < -0.3 is 4.74 Å². The molecule has 1 aromatic carbocycles. The van der Waals surface area contributed by atoms with E-state index in [1.165, 1.54) is 7.11 Å². The first-order valence-corrected chi connectivity index (χ1v) is 5.13. The second kappa shape index (κ2) is 5.19. The van der Waals surface area contributed by atoms with E-state index in [-0.39, 0.29) is 0 Å². The second-order valence-electron chi connectivity index (χ2n) is 2.36. The summed E-state index contributed by atoms with van der Waals surface area (Å²) in [6, 6.07) is 5.23. The van der Waals surface area contributed by atoms with E-state index in [1.54, 1.807) is 12.1 Å². The second-order valence-corrected chi connectivity index (χ2v) is 3.78. The number of methoxy groups -OCH3 is 1. The summed E-state index contributed by atoms with van der Waals surface area (Å²) in [5.74, 6) is -0.424. The molecule has 0 saturated heterocycles. The molecule has 0 aromatic heterocycles. The lowest BCUT2D eigenvalue weighted by Gasteiger charge is -2.02. The zero-order valence-electron chi connectivity index (χ0n) is 7.28. The first-order chi connectivity index (χ1) is 6.69. The highest BCUT2D eigenvalue weighted by Gasteiger charge is 2.11. The van der Waals surface area contributed by atoms with Crippen LogP contribution in [0.4, 0.5) is 5.69 Å². The van der Waals surface area contributed by atoms with Gasteiger partial charge in [0.15, 0.2) is 0 Å². The lowest BCUT2D eigenvalue weighted by atomic mass is 10.2. The van der Waals surface area contributed by atoms with Crippen LogP contribution >= 0.6 is 34.8 Å². The minimum absolute atomic E-state index is 0.400. The number of carbonyl (C=O) groups excluding carboxylic acids is 1. The van der Waals surface area contributed by atoms with Crippen LogP contribution in [0.1, 0.15) is 10.4 Å². The van der Waals surface area contributed by atoms with Gasteiger partial charge in [-0.05, 0) is 53.0 Å². The standard InChI is InChI=1S/C9H6INO2S/c1-13-9(12)7-4-6(10)2-3-8(7)11-5-14/h2-4H,1H3. The van der Waals surface area contributed by atoms with Gasteiger partial charge in [-0.25, -0.2) is 4.79 Å². The molecular weight excluding hydrogens is 313 g/mol. The topological polar surface area (TPSA) is 38.7 Å². The molecule has 0 radical (unpaired) electrons. The number of carbonyl (C=O) groups is 1. The van der Waals surface area contributed by atoms with E-state index in [4.69, 9.17) is 0 Å². The Morgan fingerprint density at radius 2 is 2.36 bits per heavy atom. The molecule has 0 spiro atoms. The molecule has 0 fully saturated rings. The van der Waals surface area contributed by atoms with E-state index in [0.29, 0.717) is 11.3 Å². The van der Waals surface area contributed by atoms with Crippen molar-refractivity contribution in [2.75, 3.05) is 7.11 Å². The Bertz CT molecular complexity index is 413. The third kappa shape index (κ3) is 2.60. The summed E-state index contributed by atoms with van der Waals surface area (Å²) in [6.07, 6.45) is 0. The zero-order chi connectivity index (χ0) is 10.6. The van der Waals surface area contributed by atoms with Gasteiger partial charge in [-0.15, -0.1) is 0 Å². The van der Waals surface area contributed by atoms with E-state index in [1.807, 2.05) is 6.07 Å². The summed E-state index contributed by atoms with van der Waals surface area (Å²) in [4.78, 5) is 15.1. The van der Waals surface area contributed by atoms with E-state index >= 15 is 0 Å². The van der Waals surface area contributed by atoms with Gasteiger partial charge in [0.05, 0.1) is 23.5 Å². The van der Waals surface area contributed by atoms with Crippen LogP contribution < -0.4 is 0 Å². The van der Waals surface area contributed by atoms with Crippen molar-refractivity contribution in [1.29, 1.82) is 0 Å². The first kappa shape index (κ1) is 11.3. The monoisotopic (exact) mass is 319 g/mol. The molecule has 0 saturated carbocycles. The van der Waals surface area contributed by atoms with Gasteiger partial charge >= 0.3 is 5.97 Å².